The van der Waals surface area contributed by atoms with Crippen LogP contribution in [0, 0.1) is 0 Å². The predicted octanol–water partition coefficient (Wildman–Crippen LogP) is -1.13. The summed E-state index contributed by atoms with van der Waals surface area (Å²) in [6, 6.07) is 5.93. The Morgan fingerprint density at radius 2 is 2.00 bits per heavy atom. The average Bonchev–Trinajstić information content (AvgIpc) is 2.35. The molecule has 5 N–H and O–H groups in total. The van der Waals surface area contributed by atoms with Gasteiger partial charge in [-0.25, -0.2) is 0 Å². The third kappa shape index (κ3) is 3.86. The summed E-state index contributed by atoms with van der Waals surface area (Å²) < 4.78 is 0. The topological polar surface area (TPSA) is 113 Å². The van der Waals surface area contributed by atoms with Gasteiger partial charge in [0.25, 0.3) is 5.91 Å². The summed E-state index contributed by atoms with van der Waals surface area (Å²) in [7, 11) is 0. The Labute approximate surface area is 98.1 Å². The molecule has 0 saturated heterocycles. The molecule has 0 aliphatic rings. The van der Waals surface area contributed by atoms with Gasteiger partial charge in [0.05, 0.1) is 12.7 Å². The van der Waals surface area contributed by atoms with Crippen LogP contribution < -0.4 is 11.1 Å². The zero-order valence-corrected chi connectivity index (χ0v) is 9.09. The number of aliphatic hydroxyl groups is 2. The quantitative estimate of drug-likeness (QED) is 0.519. The Morgan fingerprint density at radius 3 is 2.59 bits per heavy atom. The molecule has 92 valence electrons. The van der Waals surface area contributed by atoms with Crippen LogP contribution in [0.5, 0.6) is 0 Å². The van der Waals surface area contributed by atoms with Crippen LogP contribution in [0.2, 0.25) is 0 Å². The summed E-state index contributed by atoms with van der Waals surface area (Å²) in [5.74, 6) is -1.06. The summed E-state index contributed by atoms with van der Waals surface area (Å²) in [5.41, 5.74) is 5.59. The molecule has 6 nitrogen and oxygen atoms in total. The van der Waals surface area contributed by atoms with E-state index in [2.05, 4.69) is 5.32 Å². The van der Waals surface area contributed by atoms with Crippen LogP contribution in [0.3, 0.4) is 0 Å². The second-order valence-electron chi connectivity index (χ2n) is 3.49. The van der Waals surface area contributed by atoms with Crippen molar-refractivity contribution in [1.29, 1.82) is 0 Å². The number of nitrogens with two attached hydrogens (primary N) is 1. The van der Waals surface area contributed by atoms with Gasteiger partial charge in [-0.2, -0.15) is 0 Å². The number of amides is 2. The summed E-state index contributed by atoms with van der Waals surface area (Å²) in [4.78, 5) is 22.5. The van der Waals surface area contributed by atoms with Crippen molar-refractivity contribution in [1.82, 2.24) is 5.32 Å². The lowest BCUT2D eigenvalue weighted by atomic mass is 10.1. The van der Waals surface area contributed by atoms with Crippen LogP contribution in [0.25, 0.3) is 0 Å². The molecule has 1 aromatic carbocycles. The first-order valence-corrected chi connectivity index (χ1v) is 5.01. The minimum atomic E-state index is -1.00. The number of rotatable bonds is 5. The minimum absolute atomic E-state index is 0.0594. The fraction of sp³-hybridized carbons (Fsp3) is 0.273. The SMILES string of the molecule is NC(=O)c1cccc(C(=O)NCC(O)CO)c1. The molecule has 0 radical (unpaired) electrons. The number of benzene rings is 1. The van der Waals surface area contributed by atoms with Crippen LogP contribution in [-0.2, 0) is 0 Å². The Balaban J connectivity index is 2.69. The largest absolute Gasteiger partial charge is 0.394 e. The van der Waals surface area contributed by atoms with E-state index in [0.29, 0.717) is 0 Å². The fourth-order valence-electron chi connectivity index (χ4n) is 1.19. The molecule has 1 unspecified atom stereocenters. The first kappa shape index (κ1) is 13.1. The molecule has 0 aromatic heterocycles. The molecule has 6 heteroatoms. The Morgan fingerprint density at radius 1 is 1.35 bits per heavy atom. The van der Waals surface area contributed by atoms with Crippen molar-refractivity contribution in [2.75, 3.05) is 13.2 Å². The van der Waals surface area contributed by atoms with E-state index in [1.165, 1.54) is 24.3 Å². The molecule has 0 aliphatic heterocycles. The van der Waals surface area contributed by atoms with Gasteiger partial charge >= 0.3 is 0 Å². The molecule has 0 heterocycles. The molecule has 2 amide bonds. The molecule has 0 spiro atoms. The van der Waals surface area contributed by atoms with Crippen molar-refractivity contribution in [2.24, 2.45) is 5.73 Å². The van der Waals surface area contributed by atoms with Crippen molar-refractivity contribution in [3.8, 4) is 0 Å². The highest BCUT2D eigenvalue weighted by Gasteiger charge is 2.09. The van der Waals surface area contributed by atoms with E-state index in [0.717, 1.165) is 0 Å². The van der Waals surface area contributed by atoms with Gasteiger partial charge in [0.1, 0.15) is 0 Å². The maximum atomic E-state index is 11.6. The molecule has 0 aliphatic carbocycles. The van der Waals surface area contributed by atoms with E-state index in [1.807, 2.05) is 0 Å². The first-order valence-electron chi connectivity index (χ1n) is 5.01. The molecule has 1 aromatic rings. The number of hydrogen-bond donors (Lipinski definition) is 4. The van der Waals surface area contributed by atoms with Crippen LogP contribution >= 0.6 is 0 Å². The number of aliphatic hydroxyl groups excluding tert-OH is 2. The molecule has 0 saturated carbocycles. The third-order valence-corrected chi connectivity index (χ3v) is 2.12. The van der Waals surface area contributed by atoms with E-state index in [4.69, 9.17) is 15.9 Å². The molecule has 1 atom stereocenters. The normalized spacial score (nSPS) is 11.9. The maximum Gasteiger partial charge on any atom is 0.251 e. The maximum absolute atomic E-state index is 11.6. The summed E-state index contributed by atoms with van der Waals surface area (Å²) in [6.07, 6.45) is -1.00. The van der Waals surface area contributed by atoms with E-state index in [1.54, 1.807) is 0 Å². The Kier molecular flexibility index (Phi) is 4.62. The highest BCUT2D eigenvalue weighted by molar-refractivity contribution is 5.99. The van der Waals surface area contributed by atoms with Gasteiger partial charge in [-0.05, 0) is 18.2 Å². The molecular formula is C11H14N2O4. The average molecular weight is 238 g/mol. The van der Waals surface area contributed by atoms with E-state index >= 15 is 0 Å². The lowest BCUT2D eigenvalue weighted by Crippen LogP contribution is -2.34. The van der Waals surface area contributed by atoms with Crippen molar-refractivity contribution in [2.45, 2.75) is 6.10 Å². The van der Waals surface area contributed by atoms with Crippen molar-refractivity contribution in [3.63, 3.8) is 0 Å². The van der Waals surface area contributed by atoms with Gasteiger partial charge in [0.2, 0.25) is 5.91 Å². The van der Waals surface area contributed by atoms with Crippen LogP contribution in [0.4, 0.5) is 0 Å². The minimum Gasteiger partial charge on any atom is -0.394 e. The lowest BCUT2D eigenvalue weighted by molar-refractivity contribution is 0.0802. The number of hydrogen-bond acceptors (Lipinski definition) is 4. The molecule has 1 rings (SSSR count). The molecule has 17 heavy (non-hydrogen) atoms. The van der Waals surface area contributed by atoms with Crippen LogP contribution in [0.15, 0.2) is 24.3 Å². The van der Waals surface area contributed by atoms with Crippen LogP contribution in [-0.4, -0.2) is 41.3 Å². The Hall–Kier alpha value is -1.92. The van der Waals surface area contributed by atoms with Gasteiger partial charge in [0, 0.05) is 17.7 Å². The highest BCUT2D eigenvalue weighted by atomic mass is 16.3. The van der Waals surface area contributed by atoms with Gasteiger partial charge in [-0.1, -0.05) is 6.07 Å². The smallest absolute Gasteiger partial charge is 0.251 e. The molecule has 0 fully saturated rings. The van der Waals surface area contributed by atoms with Crippen molar-refractivity contribution in [3.05, 3.63) is 35.4 Å². The van der Waals surface area contributed by atoms with Gasteiger partial charge in [0.15, 0.2) is 0 Å². The van der Waals surface area contributed by atoms with E-state index in [9.17, 15) is 9.59 Å². The highest BCUT2D eigenvalue weighted by Crippen LogP contribution is 2.04. The zero-order valence-electron chi connectivity index (χ0n) is 9.09. The Bertz CT molecular complexity index is 420. The van der Waals surface area contributed by atoms with Gasteiger partial charge in [-0.15, -0.1) is 0 Å². The third-order valence-electron chi connectivity index (χ3n) is 2.12. The number of carbonyl (C=O) groups is 2. The van der Waals surface area contributed by atoms with Crippen molar-refractivity contribution < 1.29 is 19.8 Å². The van der Waals surface area contributed by atoms with E-state index in [-0.39, 0.29) is 17.7 Å². The number of nitrogens with one attached hydrogen (secondary N) is 1. The second kappa shape index (κ2) is 5.97. The van der Waals surface area contributed by atoms with Gasteiger partial charge < -0.3 is 21.3 Å². The second-order valence-corrected chi connectivity index (χ2v) is 3.49. The van der Waals surface area contributed by atoms with Crippen molar-refractivity contribution >= 4 is 11.8 Å². The summed E-state index contributed by atoms with van der Waals surface area (Å²) in [5, 5.41) is 20.0. The van der Waals surface area contributed by atoms with Gasteiger partial charge in [-0.3, -0.25) is 9.59 Å². The summed E-state index contributed by atoms with van der Waals surface area (Å²) in [6.45, 7) is -0.488. The van der Waals surface area contributed by atoms with E-state index < -0.39 is 24.5 Å². The fourth-order valence-corrected chi connectivity index (χ4v) is 1.19. The first-order chi connectivity index (χ1) is 8.04. The van der Waals surface area contributed by atoms with Crippen LogP contribution in [0.1, 0.15) is 20.7 Å². The zero-order chi connectivity index (χ0) is 12.8. The summed E-state index contributed by atoms with van der Waals surface area (Å²) >= 11 is 0. The molecular weight excluding hydrogens is 224 g/mol. The monoisotopic (exact) mass is 238 g/mol. The number of primary amides is 1. The number of carbonyl (C=O) groups excluding carboxylic acids is 2. The lowest BCUT2D eigenvalue weighted by Gasteiger charge is -2.09. The molecule has 0 bridgehead atoms. The predicted molar refractivity (Wildman–Crippen MR) is 60.4 cm³/mol. The standard InChI is InChI=1S/C11H14N2O4/c12-10(16)7-2-1-3-8(4-7)11(17)13-5-9(15)6-14/h1-4,9,14-15H,5-6H2,(H2,12,16)(H,13,17).